The smallest absolute Gasteiger partial charge is 0.0541 e. The summed E-state index contributed by atoms with van der Waals surface area (Å²) in [4.78, 5) is 2.43. The van der Waals surface area contributed by atoms with Crippen molar-refractivity contribution in [1.29, 1.82) is 0 Å². The third kappa shape index (κ3) is 5.05. The predicted molar refractivity (Wildman–Crippen MR) is 213 cm³/mol. The maximum atomic E-state index is 2.44. The van der Waals surface area contributed by atoms with Crippen molar-refractivity contribution in [3.8, 4) is 27.9 Å². The molecule has 2 nitrogen and oxygen atoms in total. The number of para-hydroxylation sites is 2. The second-order valence-electron chi connectivity index (χ2n) is 13.2. The molecule has 0 N–H and O–H groups in total. The minimum Gasteiger partial charge on any atom is -0.309 e. The number of nitrogens with zero attached hydrogens (tertiary/aromatic N) is 2. The molecule has 0 spiro atoms. The van der Waals surface area contributed by atoms with Gasteiger partial charge in [0.1, 0.15) is 0 Å². The fourth-order valence-corrected chi connectivity index (χ4v) is 7.58. The zero-order valence-corrected chi connectivity index (χ0v) is 28.2. The normalized spacial score (nSPS) is 11.4. The summed E-state index contributed by atoms with van der Waals surface area (Å²) in [6.45, 7) is 4.35. The Bertz CT molecular complexity index is 2620. The number of hydrogen-bond donors (Lipinski definition) is 0. The molecule has 2 heteroatoms. The molecular weight excluding hydrogens is 605 g/mol. The van der Waals surface area contributed by atoms with Crippen LogP contribution in [0.1, 0.15) is 11.1 Å². The van der Waals surface area contributed by atoms with Crippen molar-refractivity contribution in [1.82, 2.24) is 4.57 Å². The second-order valence-corrected chi connectivity index (χ2v) is 13.2. The van der Waals surface area contributed by atoms with Gasteiger partial charge in [-0.05, 0) is 85.0 Å². The Morgan fingerprint density at radius 3 is 1.76 bits per heavy atom. The SMILES string of the molecule is Cc1ccc2c(c1)c1cc(C)ccc1n2-c1ccccc1-c1cccc(N(c2ccccc2-c2ccccc2)c2cccc3ccccc23)c1. The first-order valence-corrected chi connectivity index (χ1v) is 17.3. The standard InChI is InChI=1S/C48H36N2/c1-33-26-28-47-42(30-33)43-31-34(2)27-29-48(43)50(47)46-24-11-9-22-41(46)37-18-12-19-38(32-37)49(45-25-13-17-36-16-6-7-20-40(36)45)44-23-10-8-21-39(44)35-14-4-3-5-15-35/h3-32H,1-2H3. The summed E-state index contributed by atoms with van der Waals surface area (Å²) in [7, 11) is 0. The van der Waals surface area contributed by atoms with Gasteiger partial charge in [0, 0.05) is 33.0 Å². The number of anilines is 3. The molecule has 0 bridgehead atoms. The Morgan fingerprint density at radius 2 is 0.980 bits per heavy atom. The fourth-order valence-electron chi connectivity index (χ4n) is 7.58. The highest BCUT2D eigenvalue weighted by molar-refractivity contribution is 6.10. The molecule has 1 aromatic heterocycles. The van der Waals surface area contributed by atoms with Crippen LogP contribution in [-0.2, 0) is 0 Å². The lowest BCUT2D eigenvalue weighted by molar-refractivity contribution is 1.18. The maximum absolute atomic E-state index is 2.44. The second kappa shape index (κ2) is 12.3. The summed E-state index contributed by atoms with van der Waals surface area (Å²) in [6, 6.07) is 66.2. The van der Waals surface area contributed by atoms with E-state index in [-0.39, 0.29) is 0 Å². The lowest BCUT2D eigenvalue weighted by Gasteiger charge is -2.29. The summed E-state index contributed by atoms with van der Waals surface area (Å²) in [5.41, 5.74) is 14.2. The Labute approximate surface area is 293 Å². The van der Waals surface area contributed by atoms with Crippen LogP contribution in [-0.4, -0.2) is 4.57 Å². The minimum atomic E-state index is 1.10. The molecule has 0 aliphatic rings. The average molecular weight is 641 g/mol. The average Bonchev–Trinajstić information content (AvgIpc) is 3.48. The van der Waals surface area contributed by atoms with E-state index in [4.69, 9.17) is 0 Å². The minimum absolute atomic E-state index is 1.10. The summed E-state index contributed by atoms with van der Waals surface area (Å²) in [5.74, 6) is 0. The summed E-state index contributed by atoms with van der Waals surface area (Å²) < 4.78 is 2.44. The van der Waals surface area contributed by atoms with Gasteiger partial charge in [-0.15, -0.1) is 0 Å². The van der Waals surface area contributed by atoms with Crippen molar-refractivity contribution in [3.63, 3.8) is 0 Å². The van der Waals surface area contributed by atoms with E-state index >= 15 is 0 Å². The third-order valence-corrected chi connectivity index (χ3v) is 9.87. The molecular formula is C48H36N2. The molecule has 0 unspecified atom stereocenters. The quantitative estimate of drug-likeness (QED) is 0.176. The van der Waals surface area contributed by atoms with Crippen molar-refractivity contribution in [2.75, 3.05) is 4.90 Å². The largest absolute Gasteiger partial charge is 0.309 e. The van der Waals surface area contributed by atoms with Crippen molar-refractivity contribution >= 4 is 49.6 Å². The van der Waals surface area contributed by atoms with E-state index in [0.29, 0.717) is 0 Å². The summed E-state index contributed by atoms with van der Waals surface area (Å²) >= 11 is 0. The van der Waals surface area contributed by atoms with Crippen molar-refractivity contribution in [3.05, 3.63) is 193 Å². The van der Waals surface area contributed by atoms with Gasteiger partial charge in [-0.25, -0.2) is 0 Å². The van der Waals surface area contributed by atoms with Crippen LogP contribution in [0.5, 0.6) is 0 Å². The molecule has 1 heterocycles. The molecule has 0 saturated carbocycles. The van der Waals surface area contributed by atoms with Gasteiger partial charge in [0.25, 0.3) is 0 Å². The lowest BCUT2D eigenvalue weighted by atomic mass is 9.99. The molecule has 9 rings (SSSR count). The first kappa shape index (κ1) is 29.7. The van der Waals surface area contributed by atoms with E-state index in [1.54, 1.807) is 0 Å². The number of rotatable bonds is 6. The molecule has 9 aromatic rings. The van der Waals surface area contributed by atoms with Crippen LogP contribution in [0.4, 0.5) is 17.1 Å². The van der Waals surface area contributed by atoms with Crippen LogP contribution in [0.25, 0.3) is 60.5 Å². The molecule has 0 radical (unpaired) electrons. The van der Waals surface area contributed by atoms with Gasteiger partial charge in [0.15, 0.2) is 0 Å². The molecule has 50 heavy (non-hydrogen) atoms. The van der Waals surface area contributed by atoms with Crippen molar-refractivity contribution in [2.45, 2.75) is 13.8 Å². The monoisotopic (exact) mass is 640 g/mol. The number of hydrogen-bond acceptors (Lipinski definition) is 1. The molecule has 8 aromatic carbocycles. The Hall–Kier alpha value is -6.38. The summed E-state index contributed by atoms with van der Waals surface area (Å²) in [6.07, 6.45) is 0. The van der Waals surface area contributed by atoms with Crippen LogP contribution in [0.15, 0.2) is 182 Å². The topological polar surface area (TPSA) is 8.17 Å². The number of fused-ring (bicyclic) bond motifs is 4. The maximum Gasteiger partial charge on any atom is 0.0541 e. The van der Waals surface area contributed by atoms with E-state index in [2.05, 4.69) is 205 Å². The molecule has 0 aliphatic carbocycles. The Balaban J connectivity index is 1.28. The van der Waals surface area contributed by atoms with Gasteiger partial charge in [0.05, 0.1) is 28.1 Å². The van der Waals surface area contributed by atoms with E-state index in [1.807, 2.05) is 0 Å². The number of benzene rings is 8. The Kier molecular flexibility index (Phi) is 7.29. The van der Waals surface area contributed by atoms with E-state index in [1.165, 1.54) is 66.1 Å². The molecule has 0 aliphatic heterocycles. The zero-order chi connectivity index (χ0) is 33.6. The highest BCUT2D eigenvalue weighted by Gasteiger charge is 2.21. The van der Waals surface area contributed by atoms with E-state index in [9.17, 15) is 0 Å². The first-order chi connectivity index (χ1) is 24.6. The summed E-state index contributed by atoms with van der Waals surface area (Å²) in [5, 5.41) is 4.99. The Morgan fingerprint density at radius 1 is 0.400 bits per heavy atom. The van der Waals surface area contributed by atoms with Crippen molar-refractivity contribution in [2.24, 2.45) is 0 Å². The van der Waals surface area contributed by atoms with E-state index < -0.39 is 0 Å². The van der Waals surface area contributed by atoms with Crippen LogP contribution >= 0.6 is 0 Å². The number of aryl methyl sites for hydroxylation is 2. The van der Waals surface area contributed by atoms with Crippen molar-refractivity contribution < 1.29 is 0 Å². The molecule has 0 atom stereocenters. The highest BCUT2D eigenvalue weighted by Crippen LogP contribution is 2.45. The molecule has 0 amide bonds. The van der Waals surface area contributed by atoms with Gasteiger partial charge in [-0.1, -0.05) is 139 Å². The zero-order valence-electron chi connectivity index (χ0n) is 28.2. The highest BCUT2D eigenvalue weighted by atomic mass is 15.1. The van der Waals surface area contributed by atoms with E-state index in [0.717, 1.165) is 22.6 Å². The van der Waals surface area contributed by atoms with Gasteiger partial charge in [-0.2, -0.15) is 0 Å². The van der Waals surface area contributed by atoms with Gasteiger partial charge in [-0.3, -0.25) is 0 Å². The first-order valence-electron chi connectivity index (χ1n) is 17.3. The fraction of sp³-hybridized carbons (Fsp3) is 0.0417. The van der Waals surface area contributed by atoms with Gasteiger partial charge < -0.3 is 9.47 Å². The molecule has 0 fully saturated rings. The lowest BCUT2D eigenvalue weighted by Crippen LogP contribution is -2.12. The van der Waals surface area contributed by atoms with Gasteiger partial charge >= 0.3 is 0 Å². The molecule has 0 saturated heterocycles. The van der Waals surface area contributed by atoms with Gasteiger partial charge in [0.2, 0.25) is 0 Å². The predicted octanol–water partition coefficient (Wildman–Crippen LogP) is 13.4. The van der Waals surface area contributed by atoms with Crippen LogP contribution < -0.4 is 4.90 Å². The number of aromatic nitrogens is 1. The van der Waals surface area contributed by atoms with Crippen LogP contribution in [0.3, 0.4) is 0 Å². The molecule has 238 valence electrons. The van der Waals surface area contributed by atoms with Crippen LogP contribution in [0.2, 0.25) is 0 Å². The third-order valence-electron chi connectivity index (χ3n) is 9.87. The van der Waals surface area contributed by atoms with Crippen LogP contribution in [0, 0.1) is 13.8 Å².